The molecule has 7 heteroatoms. The maximum absolute atomic E-state index is 13.3. The predicted octanol–water partition coefficient (Wildman–Crippen LogP) is 1.98. The molecule has 3 rings (SSSR count). The summed E-state index contributed by atoms with van der Waals surface area (Å²) in [7, 11) is -3.46. The number of nitrogens with zero attached hydrogens (tertiary/aromatic N) is 1. The number of hydrogen-bond acceptors (Lipinski definition) is 4. The maximum Gasteiger partial charge on any atom is 0.244 e. The van der Waals surface area contributed by atoms with Crippen LogP contribution in [0.3, 0.4) is 0 Å². The van der Waals surface area contributed by atoms with Crippen LogP contribution in [-0.2, 0) is 14.6 Å². The lowest BCUT2D eigenvalue weighted by Gasteiger charge is -2.39. The van der Waals surface area contributed by atoms with Crippen molar-refractivity contribution in [2.45, 2.75) is 42.9 Å². The van der Waals surface area contributed by atoms with Gasteiger partial charge in [0, 0.05) is 24.8 Å². The summed E-state index contributed by atoms with van der Waals surface area (Å²) in [5.41, 5.74) is 1.22. The molecule has 1 amide bonds. The highest BCUT2D eigenvalue weighted by Crippen LogP contribution is 2.38. The van der Waals surface area contributed by atoms with Gasteiger partial charge >= 0.3 is 0 Å². The second-order valence-electron chi connectivity index (χ2n) is 7.06. The van der Waals surface area contributed by atoms with E-state index in [-0.39, 0.29) is 30.3 Å². The van der Waals surface area contributed by atoms with Crippen molar-refractivity contribution in [3.8, 4) is 0 Å². The normalized spacial score (nSPS) is 26.1. The number of benzene rings is 1. The van der Waals surface area contributed by atoms with Crippen LogP contribution in [0.2, 0.25) is 0 Å². The number of halogens is 1. The van der Waals surface area contributed by atoms with Crippen molar-refractivity contribution in [3.63, 3.8) is 0 Å². The molecule has 0 radical (unpaired) electrons. The van der Waals surface area contributed by atoms with E-state index in [9.17, 15) is 13.2 Å². The first kappa shape index (κ1) is 20.2. The molecule has 5 nitrogen and oxygen atoms in total. The summed E-state index contributed by atoms with van der Waals surface area (Å²) in [4.78, 5) is 15.1. The molecule has 2 unspecified atom stereocenters. The van der Waals surface area contributed by atoms with Crippen LogP contribution in [0.15, 0.2) is 30.3 Å². The number of carbonyl (C=O) groups excluding carboxylic acids is 1. The molecule has 0 aliphatic carbocycles. The molecular weight excluding hydrogens is 360 g/mol. The first-order valence-electron chi connectivity index (χ1n) is 8.63. The van der Waals surface area contributed by atoms with Crippen LogP contribution in [0.4, 0.5) is 0 Å². The fourth-order valence-electron chi connectivity index (χ4n) is 4.21. The minimum absolute atomic E-state index is 0. The molecule has 2 aliphatic rings. The Balaban J connectivity index is 0.00000225. The second-order valence-corrected chi connectivity index (χ2v) is 9.39. The lowest BCUT2D eigenvalue weighted by molar-refractivity contribution is -0.135. The molecule has 25 heavy (non-hydrogen) atoms. The standard InChI is InChI=1S/C18H26N2O3S.ClH/c1-14-16(15-6-4-3-5-7-15)8-13-20(14)17(21)18(24(2,22)23)9-11-19-12-10-18;/h3-7,14,16,19H,8-13H2,1-2H3;1H. The fourth-order valence-corrected chi connectivity index (χ4v) is 5.59. The van der Waals surface area contributed by atoms with Gasteiger partial charge in [0.25, 0.3) is 0 Å². The van der Waals surface area contributed by atoms with Crippen LogP contribution >= 0.6 is 12.4 Å². The third kappa shape index (κ3) is 3.57. The van der Waals surface area contributed by atoms with E-state index in [1.165, 1.54) is 11.8 Å². The molecule has 2 saturated heterocycles. The Labute approximate surface area is 156 Å². The minimum atomic E-state index is -3.46. The van der Waals surface area contributed by atoms with E-state index < -0.39 is 14.6 Å². The van der Waals surface area contributed by atoms with Crippen molar-refractivity contribution in [1.29, 1.82) is 0 Å². The van der Waals surface area contributed by atoms with Crippen LogP contribution in [-0.4, -0.2) is 55.9 Å². The van der Waals surface area contributed by atoms with Gasteiger partial charge in [0.1, 0.15) is 0 Å². The van der Waals surface area contributed by atoms with Gasteiger partial charge in [-0.2, -0.15) is 0 Å². The van der Waals surface area contributed by atoms with Crippen LogP contribution in [0.1, 0.15) is 37.7 Å². The zero-order chi connectivity index (χ0) is 17.4. The Morgan fingerprint density at radius 1 is 1.20 bits per heavy atom. The van der Waals surface area contributed by atoms with Gasteiger partial charge in [-0.1, -0.05) is 30.3 Å². The summed E-state index contributed by atoms with van der Waals surface area (Å²) in [6.07, 6.45) is 2.83. The Bertz CT molecular complexity index is 702. The number of piperidine rings is 1. The predicted molar refractivity (Wildman–Crippen MR) is 102 cm³/mol. The number of hydrogen-bond donors (Lipinski definition) is 1. The van der Waals surface area contributed by atoms with Crippen LogP contribution in [0.5, 0.6) is 0 Å². The van der Waals surface area contributed by atoms with Gasteiger partial charge in [-0.3, -0.25) is 4.79 Å². The van der Waals surface area contributed by atoms with Gasteiger partial charge in [-0.25, -0.2) is 8.42 Å². The van der Waals surface area contributed by atoms with E-state index in [1.807, 2.05) is 30.0 Å². The molecule has 0 aromatic heterocycles. The molecule has 1 aromatic rings. The van der Waals surface area contributed by atoms with E-state index in [1.54, 1.807) is 0 Å². The first-order chi connectivity index (χ1) is 11.4. The highest BCUT2D eigenvalue weighted by molar-refractivity contribution is 7.92. The number of carbonyl (C=O) groups is 1. The highest BCUT2D eigenvalue weighted by Gasteiger charge is 2.52. The molecular formula is C18H27ClN2O3S. The summed E-state index contributed by atoms with van der Waals surface area (Å²) in [5, 5.41) is 3.17. The van der Waals surface area contributed by atoms with Gasteiger partial charge in [0.15, 0.2) is 14.6 Å². The third-order valence-electron chi connectivity index (χ3n) is 5.75. The van der Waals surface area contributed by atoms with E-state index in [0.717, 1.165) is 6.42 Å². The Morgan fingerprint density at radius 2 is 1.80 bits per heavy atom. The average Bonchev–Trinajstić information content (AvgIpc) is 2.96. The summed E-state index contributed by atoms with van der Waals surface area (Å²) in [6, 6.07) is 10.2. The number of rotatable bonds is 3. The Morgan fingerprint density at radius 3 is 2.36 bits per heavy atom. The summed E-state index contributed by atoms with van der Waals surface area (Å²) >= 11 is 0. The van der Waals surface area contributed by atoms with E-state index in [2.05, 4.69) is 17.4 Å². The first-order valence-corrected chi connectivity index (χ1v) is 10.5. The maximum atomic E-state index is 13.3. The number of likely N-dealkylation sites (tertiary alicyclic amines) is 1. The molecule has 2 heterocycles. The Kier molecular flexibility index (Phi) is 6.17. The van der Waals surface area contributed by atoms with Crippen molar-refractivity contribution in [2.75, 3.05) is 25.9 Å². The van der Waals surface area contributed by atoms with Crippen molar-refractivity contribution in [1.82, 2.24) is 10.2 Å². The van der Waals surface area contributed by atoms with Gasteiger partial charge in [0.2, 0.25) is 5.91 Å². The molecule has 1 N–H and O–H groups in total. The van der Waals surface area contributed by atoms with Crippen LogP contribution in [0.25, 0.3) is 0 Å². The molecule has 1 aromatic carbocycles. The van der Waals surface area contributed by atoms with Gasteiger partial charge in [0.05, 0.1) is 0 Å². The largest absolute Gasteiger partial charge is 0.338 e. The van der Waals surface area contributed by atoms with Crippen molar-refractivity contribution in [3.05, 3.63) is 35.9 Å². The van der Waals surface area contributed by atoms with Crippen LogP contribution < -0.4 is 5.32 Å². The molecule has 0 bridgehead atoms. The molecule has 0 spiro atoms. The number of nitrogens with one attached hydrogen (secondary N) is 1. The van der Waals surface area contributed by atoms with Crippen LogP contribution in [0, 0.1) is 0 Å². The monoisotopic (exact) mass is 386 g/mol. The van der Waals surface area contributed by atoms with Gasteiger partial charge in [-0.05, 0) is 44.8 Å². The molecule has 2 atom stereocenters. The molecule has 2 aliphatic heterocycles. The van der Waals surface area contributed by atoms with Gasteiger partial charge < -0.3 is 10.2 Å². The lowest BCUT2D eigenvalue weighted by atomic mass is 9.91. The Hall–Kier alpha value is -1.11. The van der Waals surface area contributed by atoms with Crippen molar-refractivity contribution < 1.29 is 13.2 Å². The summed E-state index contributed by atoms with van der Waals surface area (Å²) < 4.78 is 23.7. The SMILES string of the molecule is CC1C(c2ccccc2)CCN1C(=O)C1(S(C)(=O)=O)CCNCC1.Cl. The number of sulfone groups is 1. The van der Waals surface area contributed by atoms with Gasteiger partial charge in [-0.15, -0.1) is 12.4 Å². The quantitative estimate of drug-likeness (QED) is 0.862. The molecule has 2 fully saturated rings. The fraction of sp³-hybridized carbons (Fsp3) is 0.611. The van der Waals surface area contributed by atoms with E-state index in [4.69, 9.17) is 0 Å². The molecule has 0 saturated carbocycles. The van der Waals surface area contributed by atoms with E-state index >= 15 is 0 Å². The summed E-state index contributed by atoms with van der Waals surface area (Å²) in [5.74, 6) is 0.0749. The minimum Gasteiger partial charge on any atom is -0.338 e. The zero-order valence-electron chi connectivity index (χ0n) is 14.8. The topological polar surface area (TPSA) is 66.5 Å². The third-order valence-corrected chi connectivity index (χ3v) is 7.76. The van der Waals surface area contributed by atoms with E-state index in [0.29, 0.717) is 32.5 Å². The zero-order valence-corrected chi connectivity index (χ0v) is 16.4. The van der Waals surface area contributed by atoms with Crippen molar-refractivity contribution in [2.24, 2.45) is 0 Å². The number of amides is 1. The molecule has 140 valence electrons. The second kappa shape index (κ2) is 7.64. The smallest absolute Gasteiger partial charge is 0.244 e. The summed E-state index contributed by atoms with van der Waals surface area (Å²) in [6.45, 7) is 3.82. The highest BCUT2D eigenvalue weighted by atomic mass is 35.5. The average molecular weight is 387 g/mol. The lowest BCUT2D eigenvalue weighted by Crippen LogP contribution is -2.59. The van der Waals surface area contributed by atoms with Crippen molar-refractivity contribution >= 4 is 28.2 Å².